The first kappa shape index (κ1) is 23.9. The van der Waals surface area contributed by atoms with Crippen molar-refractivity contribution in [3.63, 3.8) is 0 Å². The van der Waals surface area contributed by atoms with E-state index in [1.807, 2.05) is 60.8 Å². The molecule has 0 atom stereocenters. The molecule has 0 radical (unpaired) electrons. The molecule has 0 aliphatic carbocycles. The molecular weight excluding hydrogens is 518 g/mol. The third-order valence-corrected chi connectivity index (χ3v) is 7.76. The van der Waals surface area contributed by atoms with E-state index in [1.54, 1.807) is 23.7 Å². The predicted octanol–water partition coefficient (Wildman–Crippen LogP) is 6.78. The molecule has 7 rings (SSSR count). The molecule has 1 amide bonds. The number of hydrogen-bond acceptors (Lipinski definition) is 6. The van der Waals surface area contributed by atoms with Gasteiger partial charge in [-0.3, -0.25) is 14.9 Å². The second kappa shape index (κ2) is 9.87. The summed E-state index contributed by atoms with van der Waals surface area (Å²) < 4.78 is 0. The Labute approximate surface area is 233 Å². The van der Waals surface area contributed by atoms with Crippen molar-refractivity contribution < 1.29 is 4.79 Å². The number of nitrogens with zero attached hydrogens (tertiary/aromatic N) is 4. The van der Waals surface area contributed by atoms with Crippen LogP contribution in [-0.4, -0.2) is 36.0 Å². The second-order valence-electron chi connectivity index (χ2n) is 9.55. The third-order valence-electron chi connectivity index (χ3n) is 6.73. The van der Waals surface area contributed by atoms with Crippen LogP contribution in [0.2, 0.25) is 0 Å². The fourth-order valence-corrected chi connectivity index (χ4v) is 5.74. The van der Waals surface area contributed by atoms with Crippen molar-refractivity contribution in [3.8, 4) is 33.1 Å². The third kappa shape index (κ3) is 4.52. The second-order valence-corrected chi connectivity index (χ2v) is 10.8. The molecule has 6 heterocycles. The van der Waals surface area contributed by atoms with Crippen molar-refractivity contribution in [1.29, 1.82) is 0 Å². The lowest BCUT2D eigenvalue weighted by atomic mass is 10.1. The van der Waals surface area contributed by atoms with Crippen LogP contribution in [0.5, 0.6) is 0 Å². The fraction of sp³-hybridized carbons (Fsp3) is 0.0645. The number of pyridine rings is 3. The maximum Gasteiger partial charge on any atom is 0.228 e. The lowest BCUT2D eigenvalue weighted by Crippen LogP contribution is -2.14. The first-order valence-electron chi connectivity index (χ1n) is 12.8. The number of benzene rings is 1. The number of aromatic nitrogens is 6. The fourth-order valence-electron chi connectivity index (χ4n) is 4.83. The summed E-state index contributed by atoms with van der Waals surface area (Å²) in [5, 5.41) is 11.7. The van der Waals surface area contributed by atoms with Crippen LogP contribution in [0.25, 0.3) is 55.2 Å². The summed E-state index contributed by atoms with van der Waals surface area (Å²) in [7, 11) is 0. The van der Waals surface area contributed by atoms with Crippen molar-refractivity contribution >= 4 is 45.0 Å². The van der Waals surface area contributed by atoms with E-state index in [9.17, 15) is 4.79 Å². The standard InChI is InChI=1S/C31H23N7OS/c1-18-7-10-27(40-18)22-11-12-33-31-23(22)15-26(36-31)30-29-25(37-38-30)9-8-24(35-29)20-14-21(17-32-16-20)34-28(39)13-19-5-3-2-4-6-19/h2-12,14-17H,13H2,1H3,(H,33,36)(H,34,39)(H,37,38). The first-order chi connectivity index (χ1) is 19.6. The normalized spacial score (nSPS) is 11.3. The minimum Gasteiger partial charge on any atom is -0.338 e. The number of anilines is 1. The number of carbonyl (C=O) groups is 1. The topological polar surface area (TPSA) is 112 Å². The molecule has 0 spiro atoms. The van der Waals surface area contributed by atoms with Crippen LogP contribution in [0.15, 0.2) is 91.4 Å². The highest BCUT2D eigenvalue weighted by Gasteiger charge is 2.17. The Hall–Kier alpha value is -5.15. The number of carbonyl (C=O) groups excluding carboxylic acids is 1. The summed E-state index contributed by atoms with van der Waals surface area (Å²) >= 11 is 1.76. The highest BCUT2D eigenvalue weighted by molar-refractivity contribution is 7.15. The van der Waals surface area contributed by atoms with Gasteiger partial charge in [0.2, 0.25) is 5.91 Å². The molecule has 3 N–H and O–H groups in total. The first-order valence-corrected chi connectivity index (χ1v) is 13.6. The Morgan fingerprint density at radius 3 is 2.75 bits per heavy atom. The number of H-pyrrole nitrogens is 2. The summed E-state index contributed by atoms with van der Waals surface area (Å²) in [5.41, 5.74) is 8.12. The van der Waals surface area contributed by atoms with E-state index in [1.165, 1.54) is 9.75 Å². The van der Waals surface area contributed by atoms with E-state index >= 15 is 0 Å². The van der Waals surface area contributed by atoms with Crippen molar-refractivity contribution in [3.05, 3.63) is 102 Å². The van der Waals surface area contributed by atoms with E-state index in [-0.39, 0.29) is 5.91 Å². The Balaban J connectivity index is 1.21. The highest BCUT2D eigenvalue weighted by atomic mass is 32.1. The molecule has 0 aliphatic rings. The molecule has 1 aromatic carbocycles. The summed E-state index contributed by atoms with van der Waals surface area (Å²) in [6.07, 6.45) is 5.49. The quantitative estimate of drug-likeness (QED) is 0.215. The van der Waals surface area contributed by atoms with Crippen LogP contribution in [0.1, 0.15) is 10.4 Å². The maximum atomic E-state index is 12.6. The maximum absolute atomic E-state index is 12.6. The van der Waals surface area contributed by atoms with Gasteiger partial charge >= 0.3 is 0 Å². The molecule has 6 aromatic heterocycles. The minimum absolute atomic E-state index is 0.102. The van der Waals surface area contributed by atoms with Crippen molar-refractivity contribution in [1.82, 2.24) is 30.1 Å². The van der Waals surface area contributed by atoms with Crippen LogP contribution in [-0.2, 0) is 11.2 Å². The van der Waals surface area contributed by atoms with E-state index in [4.69, 9.17) is 4.98 Å². The summed E-state index contributed by atoms with van der Waals surface area (Å²) in [4.78, 5) is 32.3. The average molecular weight is 542 g/mol. The van der Waals surface area contributed by atoms with Crippen LogP contribution >= 0.6 is 11.3 Å². The molecule has 8 nitrogen and oxygen atoms in total. The van der Waals surface area contributed by atoms with E-state index in [0.29, 0.717) is 17.8 Å². The number of aromatic amines is 2. The van der Waals surface area contributed by atoms with Gasteiger partial charge in [-0.05, 0) is 55.0 Å². The van der Waals surface area contributed by atoms with Gasteiger partial charge in [-0.25, -0.2) is 9.97 Å². The van der Waals surface area contributed by atoms with Crippen molar-refractivity contribution in [2.45, 2.75) is 13.3 Å². The van der Waals surface area contributed by atoms with E-state index in [0.717, 1.165) is 50.1 Å². The van der Waals surface area contributed by atoms with Crippen LogP contribution in [0.3, 0.4) is 0 Å². The molecule has 0 bridgehead atoms. The Kier molecular flexibility index (Phi) is 5.90. The van der Waals surface area contributed by atoms with Gasteiger partial charge in [0.1, 0.15) is 16.9 Å². The molecule has 7 aromatic rings. The Morgan fingerprint density at radius 1 is 1.00 bits per heavy atom. The smallest absolute Gasteiger partial charge is 0.228 e. The van der Waals surface area contributed by atoms with Gasteiger partial charge in [0.15, 0.2) is 0 Å². The number of nitrogens with one attached hydrogen (secondary N) is 3. The number of amides is 1. The largest absolute Gasteiger partial charge is 0.338 e. The average Bonchev–Trinajstić information content (AvgIpc) is 3.71. The highest BCUT2D eigenvalue weighted by Crippen LogP contribution is 2.36. The molecule has 0 aliphatic heterocycles. The van der Waals surface area contributed by atoms with Gasteiger partial charge in [0.05, 0.1) is 35.2 Å². The molecule has 0 unspecified atom stereocenters. The molecule has 0 fully saturated rings. The number of fused-ring (bicyclic) bond motifs is 2. The molecular formula is C31H23N7OS. The number of rotatable bonds is 6. The Bertz CT molecular complexity index is 2010. The van der Waals surface area contributed by atoms with Crippen LogP contribution in [0.4, 0.5) is 5.69 Å². The van der Waals surface area contributed by atoms with Gasteiger partial charge in [0, 0.05) is 38.7 Å². The summed E-state index contributed by atoms with van der Waals surface area (Å²) in [6, 6.07) is 23.8. The number of hydrogen-bond donors (Lipinski definition) is 3. The number of aryl methyl sites for hydroxylation is 1. The Morgan fingerprint density at radius 2 is 1.90 bits per heavy atom. The number of thiophene rings is 1. The lowest BCUT2D eigenvalue weighted by molar-refractivity contribution is -0.115. The van der Waals surface area contributed by atoms with Gasteiger partial charge in [-0.1, -0.05) is 30.3 Å². The minimum atomic E-state index is -0.102. The summed E-state index contributed by atoms with van der Waals surface area (Å²) in [6.45, 7) is 2.11. The molecule has 0 saturated heterocycles. The molecule has 40 heavy (non-hydrogen) atoms. The predicted molar refractivity (Wildman–Crippen MR) is 159 cm³/mol. The molecule has 9 heteroatoms. The SMILES string of the molecule is Cc1ccc(-c2ccnc3[nH]c(-c4n[nH]c5ccc(-c6cncc(NC(=O)Cc7ccccc7)c6)nc45)cc23)s1. The van der Waals surface area contributed by atoms with Crippen LogP contribution in [0, 0.1) is 6.92 Å². The zero-order chi connectivity index (χ0) is 27.1. The van der Waals surface area contributed by atoms with Gasteiger partial charge in [0.25, 0.3) is 0 Å². The van der Waals surface area contributed by atoms with Gasteiger partial charge in [-0.2, -0.15) is 5.10 Å². The van der Waals surface area contributed by atoms with Crippen LogP contribution < -0.4 is 5.32 Å². The van der Waals surface area contributed by atoms with Crippen molar-refractivity contribution in [2.24, 2.45) is 0 Å². The molecule has 194 valence electrons. The zero-order valence-electron chi connectivity index (χ0n) is 21.5. The lowest BCUT2D eigenvalue weighted by Gasteiger charge is -2.07. The van der Waals surface area contributed by atoms with E-state index < -0.39 is 0 Å². The monoisotopic (exact) mass is 541 g/mol. The summed E-state index contributed by atoms with van der Waals surface area (Å²) in [5.74, 6) is -0.102. The zero-order valence-corrected chi connectivity index (χ0v) is 22.3. The van der Waals surface area contributed by atoms with Gasteiger partial charge < -0.3 is 10.3 Å². The van der Waals surface area contributed by atoms with Gasteiger partial charge in [-0.15, -0.1) is 11.3 Å². The van der Waals surface area contributed by atoms with Crippen molar-refractivity contribution in [2.75, 3.05) is 5.32 Å². The molecule has 0 saturated carbocycles. The van der Waals surface area contributed by atoms with E-state index in [2.05, 4.69) is 55.6 Å².